The number of para-hydroxylation sites is 1. The standard InChI is InChI=1S/C17H17N3O2S/c1-17(2)11-6-4-5-7-12(11)20(3)13(17)9-8-10-14(21)18-16(23)19-15(10)22/h4-9H,1-3H3,(H2,18,19,21,22,23)/b13-9-. The van der Waals surface area contributed by atoms with E-state index in [0.717, 1.165) is 11.4 Å². The third-order valence-corrected chi connectivity index (χ3v) is 4.50. The van der Waals surface area contributed by atoms with Crippen molar-refractivity contribution in [3.63, 3.8) is 0 Å². The molecule has 3 rings (SSSR count). The molecule has 23 heavy (non-hydrogen) atoms. The molecule has 0 aromatic heterocycles. The number of benzene rings is 1. The number of thiocarbonyl (C=S) groups is 1. The summed E-state index contributed by atoms with van der Waals surface area (Å²) in [5.74, 6) is -0.960. The molecule has 1 saturated heterocycles. The molecular formula is C17H17N3O2S. The van der Waals surface area contributed by atoms with Crippen molar-refractivity contribution < 1.29 is 9.59 Å². The molecule has 0 atom stereocenters. The van der Waals surface area contributed by atoms with Gasteiger partial charge in [-0.05, 0) is 36.0 Å². The van der Waals surface area contributed by atoms with E-state index in [2.05, 4.69) is 41.5 Å². The molecule has 0 spiro atoms. The number of amides is 2. The Morgan fingerprint density at radius 1 is 1.09 bits per heavy atom. The molecule has 1 aromatic carbocycles. The first-order chi connectivity index (χ1) is 10.8. The summed E-state index contributed by atoms with van der Waals surface area (Å²) in [5.41, 5.74) is 3.19. The van der Waals surface area contributed by atoms with E-state index in [0.29, 0.717) is 0 Å². The first-order valence-corrected chi connectivity index (χ1v) is 7.65. The fourth-order valence-electron chi connectivity index (χ4n) is 3.09. The van der Waals surface area contributed by atoms with Gasteiger partial charge in [0.2, 0.25) is 0 Å². The van der Waals surface area contributed by atoms with Crippen LogP contribution in [0.2, 0.25) is 0 Å². The SMILES string of the molecule is CN1/C(=C\C=C2C(=O)NC(=S)NC2=O)C(C)(C)c2ccccc21. The minimum absolute atomic E-state index is 0.0375. The summed E-state index contributed by atoms with van der Waals surface area (Å²) in [5, 5.41) is 4.90. The van der Waals surface area contributed by atoms with Crippen molar-refractivity contribution in [3.05, 3.63) is 53.3 Å². The average molecular weight is 327 g/mol. The number of hydrogen-bond donors (Lipinski definition) is 2. The molecule has 2 amide bonds. The van der Waals surface area contributed by atoms with Gasteiger partial charge in [0.25, 0.3) is 11.8 Å². The molecule has 2 N–H and O–H groups in total. The molecule has 118 valence electrons. The fourth-order valence-corrected chi connectivity index (χ4v) is 3.28. The van der Waals surface area contributed by atoms with Gasteiger partial charge in [-0.3, -0.25) is 20.2 Å². The van der Waals surface area contributed by atoms with Gasteiger partial charge in [-0.25, -0.2) is 0 Å². The maximum atomic E-state index is 11.9. The Morgan fingerprint density at radius 3 is 2.30 bits per heavy atom. The van der Waals surface area contributed by atoms with Crippen LogP contribution in [0, 0.1) is 0 Å². The number of anilines is 1. The minimum Gasteiger partial charge on any atom is -0.347 e. The molecule has 2 aliphatic rings. The molecule has 0 bridgehead atoms. The van der Waals surface area contributed by atoms with Crippen molar-refractivity contribution in [2.24, 2.45) is 0 Å². The van der Waals surface area contributed by atoms with Crippen LogP contribution in [0.15, 0.2) is 47.7 Å². The topological polar surface area (TPSA) is 61.4 Å². The highest BCUT2D eigenvalue weighted by Crippen LogP contribution is 2.46. The maximum Gasteiger partial charge on any atom is 0.263 e. The summed E-state index contributed by atoms with van der Waals surface area (Å²) in [7, 11) is 1.98. The van der Waals surface area contributed by atoms with Gasteiger partial charge in [-0.2, -0.15) is 0 Å². The predicted octanol–water partition coefficient (Wildman–Crippen LogP) is 1.76. The molecule has 2 heterocycles. The van der Waals surface area contributed by atoms with E-state index in [1.807, 2.05) is 25.3 Å². The molecule has 6 heteroatoms. The zero-order valence-corrected chi connectivity index (χ0v) is 14.0. The quantitative estimate of drug-likeness (QED) is 0.469. The van der Waals surface area contributed by atoms with E-state index in [1.165, 1.54) is 5.56 Å². The zero-order valence-electron chi connectivity index (χ0n) is 13.1. The van der Waals surface area contributed by atoms with Gasteiger partial charge in [0, 0.05) is 23.8 Å². The van der Waals surface area contributed by atoms with Gasteiger partial charge < -0.3 is 4.90 Å². The van der Waals surface area contributed by atoms with E-state index in [-0.39, 0.29) is 16.1 Å². The van der Waals surface area contributed by atoms with Crippen LogP contribution in [0.25, 0.3) is 0 Å². The maximum absolute atomic E-state index is 11.9. The Bertz CT molecular complexity index is 771. The van der Waals surface area contributed by atoms with Crippen molar-refractivity contribution in [1.29, 1.82) is 0 Å². The number of nitrogens with one attached hydrogen (secondary N) is 2. The van der Waals surface area contributed by atoms with Gasteiger partial charge >= 0.3 is 0 Å². The highest BCUT2D eigenvalue weighted by molar-refractivity contribution is 7.80. The van der Waals surface area contributed by atoms with Gasteiger partial charge in [0.1, 0.15) is 5.57 Å². The van der Waals surface area contributed by atoms with Crippen molar-refractivity contribution >= 4 is 34.8 Å². The molecule has 1 fully saturated rings. The van der Waals surface area contributed by atoms with Gasteiger partial charge in [0.05, 0.1) is 0 Å². The Labute approximate surface area is 140 Å². The van der Waals surface area contributed by atoms with Crippen LogP contribution >= 0.6 is 12.2 Å². The molecular weight excluding hydrogens is 310 g/mol. The molecule has 0 aliphatic carbocycles. The van der Waals surface area contributed by atoms with Gasteiger partial charge in [0.15, 0.2) is 5.11 Å². The number of likely N-dealkylation sites (N-methyl/N-ethyl adjacent to an activating group) is 1. The molecule has 0 unspecified atom stereocenters. The second-order valence-electron chi connectivity index (χ2n) is 6.07. The van der Waals surface area contributed by atoms with Crippen molar-refractivity contribution in [1.82, 2.24) is 10.6 Å². The van der Waals surface area contributed by atoms with Crippen LogP contribution in [-0.4, -0.2) is 24.0 Å². The first kappa shape index (κ1) is 15.4. The number of nitrogens with zero attached hydrogens (tertiary/aromatic N) is 1. The minimum atomic E-state index is -0.480. The number of fused-ring (bicyclic) bond motifs is 1. The highest BCUT2D eigenvalue weighted by atomic mass is 32.1. The second-order valence-corrected chi connectivity index (χ2v) is 6.48. The van der Waals surface area contributed by atoms with E-state index in [1.54, 1.807) is 6.08 Å². The van der Waals surface area contributed by atoms with Crippen LogP contribution in [0.5, 0.6) is 0 Å². The van der Waals surface area contributed by atoms with E-state index >= 15 is 0 Å². The summed E-state index contributed by atoms with van der Waals surface area (Å²) in [6.45, 7) is 4.24. The zero-order chi connectivity index (χ0) is 16.8. The molecule has 0 saturated carbocycles. The smallest absolute Gasteiger partial charge is 0.263 e. The van der Waals surface area contributed by atoms with Crippen LogP contribution in [0.3, 0.4) is 0 Å². The lowest BCUT2D eigenvalue weighted by Crippen LogP contribution is -2.51. The lowest BCUT2D eigenvalue weighted by atomic mass is 9.83. The van der Waals surface area contributed by atoms with Crippen LogP contribution in [0.1, 0.15) is 19.4 Å². The number of hydrogen-bond acceptors (Lipinski definition) is 4. The summed E-state index contributed by atoms with van der Waals surface area (Å²) in [6, 6.07) is 8.16. The third-order valence-electron chi connectivity index (χ3n) is 4.29. The summed E-state index contributed by atoms with van der Waals surface area (Å²) < 4.78 is 0. The van der Waals surface area contributed by atoms with E-state index < -0.39 is 11.8 Å². The molecule has 1 aromatic rings. The first-order valence-electron chi connectivity index (χ1n) is 7.24. The number of allylic oxidation sites excluding steroid dienone is 3. The number of rotatable bonds is 1. The normalized spacial score (nSPS) is 21.2. The number of carbonyl (C=O) groups excluding carboxylic acids is 2. The second kappa shape index (κ2) is 5.31. The van der Waals surface area contributed by atoms with Gasteiger partial charge in [-0.1, -0.05) is 32.0 Å². The third kappa shape index (κ3) is 2.45. The van der Waals surface area contributed by atoms with Crippen LogP contribution in [-0.2, 0) is 15.0 Å². The average Bonchev–Trinajstić information content (AvgIpc) is 2.67. The van der Waals surface area contributed by atoms with Crippen LogP contribution < -0.4 is 15.5 Å². The Kier molecular flexibility index (Phi) is 3.56. The molecule has 0 radical (unpaired) electrons. The predicted molar refractivity (Wildman–Crippen MR) is 92.9 cm³/mol. The van der Waals surface area contributed by atoms with Gasteiger partial charge in [-0.15, -0.1) is 0 Å². The fraction of sp³-hybridized carbons (Fsp3) is 0.235. The van der Waals surface area contributed by atoms with Crippen molar-refractivity contribution in [2.75, 3.05) is 11.9 Å². The largest absolute Gasteiger partial charge is 0.347 e. The summed E-state index contributed by atoms with van der Waals surface area (Å²) >= 11 is 4.79. The lowest BCUT2D eigenvalue weighted by molar-refractivity contribution is -0.123. The van der Waals surface area contributed by atoms with E-state index in [4.69, 9.17) is 12.2 Å². The Hall–Kier alpha value is -2.47. The van der Waals surface area contributed by atoms with Crippen molar-refractivity contribution in [2.45, 2.75) is 19.3 Å². The van der Waals surface area contributed by atoms with Crippen molar-refractivity contribution in [3.8, 4) is 0 Å². The Balaban J connectivity index is 2.01. The monoisotopic (exact) mass is 327 g/mol. The lowest BCUT2D eigenvalue weighted by Gasteiger charge is -2.24. The highest BCUT2D eigenvalue weighted by Gasteiger charge is 2.38. The molecule has 2 aliphatic heterocycles. The Morgan fingerprint density at radius 2 is 1.70 bits per heavy atom. The van der Waals surface area contributed by atoms with Crippen LogP contribution in [0.4, 0.5) is 5.69 Å². The summed E-state index contributed by atoms with van der Waals surface area (Å²) in [6.07, 6.45) is 3.37. The summed E-state index contributed by atoms with van der Waals surface area (Å²) in [4.78, 5) is 25.9. The van der Waals surface area contributed by atoms with E-state index in [9.17, 15) is 9.59 Å². The molecule has 5 nitrogen and oxygen atoms in total. The number of carbonyl (C=O) groups is 2.